The Kier molecular flexibility index (Phi) is 4.31. The highest BCUT2D eigenvalue weighted by Crippen LogP contribution is 2.34. The molecule has 3 aromatic rings. The number of urea groups is 1. The number of nitrogens with zero attached hydrogens (tertiary/aromatic N) is 5. The van der Waals surface area contributed by atoms with Gasteiger partial charge in [0.25, 0.3) is 0 Å². The summed E-state index contributed by atoms with van der Waals surface area (Å²) in [6.07, 6.45) is 3.75. The SMILES string of the molecule is Cc1cc2cc(NC(=O)N3CCc4c(N5CCNCC5)ccnc43)c(F)cn2n1. The zero-order chi connectivity index (χ0) is 20.0. The largest absolute Gasteiger partial charge is 0.369 e. The highest BCUT2D eigenvalue weighted by molar-refractivity contribution is 6.03. The molecule has 5 heterocycles. The Balaban J connectivity index is 1.41. The lowest BCUT2D eigenvalue weighted by molar-refractivity contribution is 0.257. The Morgan fingerprint density at radius 1 is 1.24 bits per heavy atom. The summed E-state index contributed by atoms with van der Waals surface area (Å²) >= 11 is 0. The third kappa shape index (κ3) is 3.17. The first kappa shape index (κ1) is 17.9. The van der Waals surface area contributed by atoms with E-state index in [1.54, 1.807) is 17.2 Å². The van der Waals surface area contributed by atoms with Crippen LogP contribution in [0.3, 0.4) is 0 Å². The molecule has 5 rings (SSSR count). The van der Waals surface area contributed by atoms with Gasteiger partial charge in [-0.05, 0) is 31.5 Å². The van der Waals surface area contributed by atoms with Crippen molar-refractivity contribution in [2.75, 3.05) is 47.8 Å². The van der Waals surface area contributed by atoms with Crippen molar-refractivity contribution < 1.29 is 9.18 Å². The molecule has 0 aromatic carbocycles. The minimum Gasteiger partial charge on any atom is -0.369 e. The number of carbonyl (C=O) groups is 1. The maximum absolute atomic E-state index is 14.5. The lowest BCUT2D eigenvalue weighted by atomic mass is 10.1. The molecular formula is C20H22FN7O. The Labute approximate surface area is 167 Å². The number of halogens is 1. The Bertz CT molecular complexity index is 1090. The smallest absolute Gasteiger partial charge is 0.327 e. The second-order valence-corrected chi connectivity index (χ2v) is 7.39. The van der Waals surface area contributed by atoms with Crippen LogP contribution in [0.1, 0.15) is 11.3 Å². The summed E-state index contributed by atoms with van der Waals surface area (Å²) in [6.45, 7) is 6.10. The van der Waals surface area contributed by atoms with Crippen molar-refractivity contribution in [1.29, 1.82) is 0 Å². The van der Waals surface area contributed by atoms with Gasteiger partial charge in [0.2, 0.25) is 0 Å². The molecule has 2 aliphatic heterocycles. The average molecular weight is 395 g/mol. The fourth-order valence-electron chi connectivity index (χ4n) is 4.09. The lowest BCUT2D eigenvalue weighted by Gasteiger charge is -2.31. The zero-order valence-electron chi connectivity index (χ0n) is 16.2. The first-order valence-corrected chi connectivity index (χ1v) is 9.78. The minimum absolute atomic E-state index is 0.133. The Hall–Kier alpha value is -3.20. The molecule has 0 unspecified atom stereocenters. The highest BCUT2D eigenvalue weighted by Gasteiger charge is 2.30. The molecule has 150 valence electrons. The summed E-state index contributed by atoms with van der Waals surface area (Å²) in [5.41, 5.74) is 3.85. The molecule has 0 saturated carbocycles. The van der Waals surface area contributed by atoms with E-state index >= 15 is 0 Å². The van der Waals surface area contributed by atoms with Crippen molar-refractivity contribution >= 4 is 28.7 Å². The number of fused-ring (bicyclic) bond motifs is 2. The molecule has 2 aliphatic rings. The van der Waals surface area contributed by atoms with Gasteiger partial charge in [-0.2, -0.15) is 5.10 Å². The molecule has 0 atom stereocenters. The fraction of sp³-hybridized carbons (Fsp3) is 0.350. The first-order valence-electron chi connectivity index (χ1n) is 9.78. The maximum atomic E-state index is 14.5. The van der Waals surface area contributed by atoms with Gasteiger partial charge < -0.3 is 15.5 Å². The van der Waals surface area contributed by atoms with Crippen molar-refractivity contribution in [2.24, 2.45) is 0 Å². The van der Waals surface area contributed by atoms with Crippen LogP contribution >= 0.6 is 0 Å². The molecule has 2 N–H and O–H groups in total. The second kappa shape index (κ2) is 7.00. The van der Waals surface area contributed by atoms with Crippen molar-refractivity contribution in [1.82, 2.24) is 19.9 Å². The van der Waals surface area contributed by atoms with Gasteiger partial charge in [-0.15, -0.1) is 0 Å². The van der Waals surface area contributed by atoms with Crippen molar-refractivity contribution in [3.05, 3.63) is 47.7 Å². The van der Waals surface area contributed by atoms with E-state index in [0.717, 1.165) is 55.1 Å². The van der Waals surface area contributed by atoms with Crippen LogP contribution in [0.15, 0.2) is 30.6 Å². The minimum atomic E-state index is -0.532. The van der Waals surface area contributed by atoms with Crippen molar-refractivity contribution in [3.8, 4) is 0 Å². The van der Waals surface area contributed by atoms with E-state index in [-0.39, 0.29) is 11.7 Å². The molecule has 0 radical (unpaired) electrons. The van der Waals surface area contributed by atoms with Crippen LogP contribution in [0.2, 0.25) is 0 Å². The quantitative estimate of drug-likeness (QED) is 0.696. The average Bonchev–Trinajstić information content (AvgIpc) is 3.31. The molecule has 8 nitrogen and oxygen atoms in total. The fourth-order valence-corrected chi connectivity index (χ4v) is 4.09. The monoisotopic (exact) mass is 395 g/mol. The molecule has 3 aromatic heterocycles. The Morgan fingerprint density at radius 2 is 2.07 bits per heavy atom. The van der Waals surface area contributed by atoms with E-state index in [1.165, 1.54) is 10.7 Å². The van der Waals surface area contributed by atoms with Crippen LogP contribution in [0.25, 0.3) is 5.52 Å². The third-order valence-corrected chi connectivity index (χ3v) is 5.47. The topological polar surface area (TPSA) is 77.8 Å². The van der Waals surface area contributed by atoms with Crippen LogP contribution in [0.4, 0.5) is 26.4 Å². The number of aryl methyl sites for hydroxylation is 1. The molecule has 29 heavy (non-hydrogen) atoms. The predicted molar refractivity (Wildman–Crippen MR) is 109 cm³/mol. The number of aromatic nitrogens is 3. The standard InChI is InChI=1S/C20H22FN7O/c1-13-10-14-11-17(16(21)12-28(14)25-13)24-20(29)27-7-3-15-18(2-4-23-19(15)27)26-8-5-22-6-9-26/h2,4,10-12,22H,3,5-9H2,1H3,(H,24,29). The van der Waals surface area contributed by atoms with E-state index in [1.807, 2.05) is 19.1 Å². The second-order valence-electron chi connectivity index (χ2n) is 7.39. The Morgan fingerprint density at radius 3 is 2.90 bits per heavy atom. The molecule has 0 spiro atoms. The molecular weight excluding hydrogens is 373 g/mol. The number of hydrogen-bond donors (Lipinski definition) is 2. The summed E-state index contributed by atoms with van der Waals surface area (Å²) in [5, 5.41) is 10.2. The van der Waals surface area contributed by atoms with E-state index < -0.39 is 5.82 Å². The summed E-state index contributed by atoms with van der Waals surface area (Å²) < 4.78 is 15.9. The molecule has 1 fully saturated rings. The van der Waals surface area contributed by atoms with E-state index in [9.17, 15) is 9.18 Å². The van der Waals surface area contributed by atoms with Crippen LogP contribution in [-0.2, 0) is 6.42 Å². The number of anilines is 3. The van der Waals surface area contributed by atoms with Crippen LogP contribution < -0.4 is 20.4 Å². The summed E-state index contributed by atoms with van der Waals surface area (Å²) in [7, 11) is 0. The van der Waals surface area contributed by atoms with Crippen molar-refractivity contribution in [2.45, 2.75) is 13.3 Å². The summed E-state index contributed by atoms with van der Waals surface area (Å²) in [5.74, 6) is 0.121. The first-order chi connectivity index (χ1) is 14.1. The molecule has 0 aliphatic carbocycles. The van der Waals surface area contributed by atoms with Gasteiger partial charge in [0.05, 0.1) is 23.1 Å². The van der Waals surface area contributed by atoms with Gasteiger partial charge in [-0.1, -0.05) is 0 Å². The normalized spacial score (nSPS) is 16.3. The van der Waals surface area contributed by atoms with Crippen LogP contribution in [0, 0.1) is 12.7 Å². The summed E-state index contributed by atoms with van der Waals surface area (Å²) in [6, 6.07) is 5.06. The van der Waals surface area contributed by atoms with Crippen LogP contribution in [0.5, 0.6) is 0 Å². The number of rotatable bonds is 2. The van der Waals surface area contributed by atoms with Gasteiger partial charge >= 0.3 is 6.03 Å². The number of piperazine rings is 1. The van der Waals surface area contributed by atoms with E-state index in [4.69, 9.17) is 0 Å². The van der Waals surface area contributed by atoms with Crippen LogP contribution in [-0.4, -0.2) is 53.4 Å². The summed E-state index contributed by atoms with van der Waals surface area (Å²) in [4.78, 5) is 21.3. The van der Waals surface area contributed by atoms with Gasteiger partial charge in [0, 0.05) is 50.2 Å². The van der Waals surface area contributed by atoms with Gasteiger partial charge in [0.15, 0.2) is 5.82 Å². The maximum Gasteiger partial charge on any atom is 0.327 e. The number of pyridine rings is 2. The van der Waals surface area contributed by atoms with E-state index in [2.05, 4.69) is 25.6 Å². The number of nitrogens with one attached hydrogen (secondary N) is 2. The zero-order valence-corrected chi connectivity index (χ0v) is 16.2. The van der Waals surface area contributed by atoms with Gasteiger partial charge in [-0.3, -0.25) is 4.90 Å². The highest BCUT2D eigenvalue weighted by atomic mass is 19.1. The molecule has 0 bridgehead atoms. The number of carbonyl (C=O) groups excluding carboxylic acids is 1. The number of amides is 2. The molecule has 9 heteroatoms. The third-order valence-electron chi connectivity index (χ3n) is 5.47. The molecule has 2 amide bonds. The van der Waals surface area contributed by atoms with Crippen molar-refractivity contribution in [3.63, 3.8) is 0 Å². The van der Waals surface area contributed by atoms with Gasteiger partial charge in [0.1, 0.15) is 5.82 Å². The molecule has 1 saturated heterocycles. The number of hydrogen-bond acceptors (Lipinski definition) is 5. The van der Waals surface area contributed by atoms with Gasteiger partial charge in [-0.25, -0.2) is 18.7 Å². The van der Waals surface area contributed by atoms with E-state index in [0.29, 0.717) is 12.4 Å². The predicted octanol–water partition coefficient (Wildman–Crippen LogP) is 2.18. The lowest BCUT2D eigenvalue weighted by Crippen LogP contribution is -2.43.